The fourth-order valence-electron chi connectivity index (χ4n) is 2.03. The Morgan fingerprint density at radius 3 is 2.48 bits per heavy atom. The van der Waals surface area contributed by atoms with Gasteiger partial charge in [0.05, 0.1) is 11.3 Å². The number of hydrogen-bond acceptors (Lipinski definition) is 8. The van der Waals surface area contributed by atoms with Gasteiger partial charge in [0, 0.05) is 5.56 Å². The molecule has 1 heterocycles. The minimum Gasteiger partial charge on any atom is -0.492 e. The molecular weight excluding hydrogens is 389 g/mol. The average Bonchev–Trinajstić information content (AvgIpc) is 3.09. The van der Waals surface area contributed by atoms with Crippen molar-refractivity contribution in [2.24, 2.45) is 11.5 Å². The third kappa shape index (κ3) is 4.96. The molecule has 4 N–H and O–H groups in total. The van der Waals surface area contributed by atoms with Gasteiger partial charge in [-0.15, -0.1) is 0 Å². The van der Waals surface area contributed by atoms with E-state index in [0.717, 1.165) is 0 Å². The summed E-state index contributed by atoms with van der Waals surface area (Å²) >= 11 is 0. The third-order valence-corrected chi connectivity index (χ3v) is 6.08. The topological polar surface area (TPSA) is 134 Å². The summed E-state index contributed by atoms with van der Waals surface area (Å²) in [5.74, 6) is -1.50. The Kier molecular flexibility index (Phi) is 6.12. The number of sulfone groups is 1. The molecule has 0 saturated heterocycles. The Balaban J connectivity index is 2.09. The Morgan fingerprint density at radius 1 is 1.26 bits per heavy atom. The number of hydrogen-bond donors (Lipinski definition) is 2. The molecule has 1 aromatic carbocycles. The molecule has 0 radical (unpaired) electrons. The van der Waals surface area contributed by atoms with Crippen molar-refractivity contribution in [1.82, 2.24) is 10.1 Å². The lowest BCUT2D eigenvalue weighted by atomic mass is 10.2. The van der Waals surface area contributed by atoms with E-state index < -0.39 is 38.6 Å². The van der Waals surface area contributed by atoms with Gasteiger partial charge in [-0.1, -0.05) is 17.3 Å². The smallest absolute Gasteiger partial charge is 0.471 e. The first-order chi connectivity index (χ1) is 12.4. The van der Waals surface area contributed by atoms with Crippen molar-refractivity contribution in [3.05, 3.63) is 30.2 Å². The van der Waals surface area contributed by atoms with Gasteiger partial charge in [-0.3, -0.25) is 0 Å². The summed E-state index contributed by atoms with van der Waals surface area (Å²) in [5.41, 5.74) is 11.7. The van der Waals surface area contributed by atoms with Crippen LogP contribution in [0.3, 0.4) is 0 Å². The number of benzene rings is 1. The highest BCUT2D eigenvalue weighted by atomic mass is 32.2. The first kappa shape index (κ1) is 21.1. The van der Waals surface area contributed by atoms with Gasteiger partial charge in [-0.05, 0) is 26.0 Å². The number of alkyl halides is 3. The first-order valence-electron chi connectivity index (χ1n) is 7.81. The van der Waals surface area contributed by atoms with Gasteiger partial charge in [0.15, 0.2) is 9.84 Å². The Labute approximate surface area is 153 Å². The molecule has 150 valence electrons. The summed E-state index contributed by atoms with van der Waals surface area (Å²) < 4.78 is 71.3. The van der Waals surface area contributed by atoms with Gasteiger partial charge in [0.1, 0.15) is 17.7 Å². The lowest BCUT2D eigenvalue weighted by molar-refractivity contribution is -0.159. The van der Waals surface area contributed by atoms with Gasteiger partial charge in [-0.25, -0.2) is 8.42 Å². The second kappa shape index (κ2) is 7.82. The predicted molar refractivity (Wildman–Crippen MR) is 90.2 cm³/mol. The van der Waals surface area contributed by atoms with Gasteiger partial charge in [0.25, 0.3) is 0 Å². The highest BCUT2D eigenvalue weighted by Crippen LogP contribution is 2.30. The van der Waals surface area contributed by atoms with Crippen LogP contribution >= 0.6 is 0 Å². The second-order valence-corrected chi connectivity index (χ2v) is 8.69. The molecule has 2 atom stereocenters. The number of nitrogens with zero attached hydrogens (tertiary/aromatic N) is 2. The van der Waals surface area contributed by atoms with E-state index in [9.17, 15) is 21.6 Å². The zero-order valence-corrected chi connectivity index (χ0v) is 15.3. The van der Waals surface area contributed by atoms with E-state index in [2.05, 4.69) is 14.7 Å². The van der Waals surface area contributed by atoms with E-state index in [1.807, 2.05) is 0 Å². The van der Waals surface area contributed by atoms with Crippen molar-refractivity contribution in [2.75, 3.05) is 6.61 Å². The van der Waals surface area contributed by atoms with Gasteiger partial charge in [-0.2, -0.15) is 18.2 Å². The maximum absolute atomic E-state index is 12.5. The van der Waals surface area contributed by atoms with Crippen molar-refractivity contribution < 1.29 is 30.8 Å². The number of halogens is 3. The normalized spacial score (nSPS) is 15.0. The van der Waals surface area contributed by atoms with E-state index in [0.29, 0.717) is 0 Å². The van der Waals surface area contributed by atoms with Crippen molar-refractivity contribution in [1.29, 1.82) is 0 Å². The molecule has 0 fully saturated rings. The number of rotatable bonds is 7. The minimum absolute atomic E-state index is 0.212. The lowest BCUT2D eigenvalue weighted by Gasteiger charge is -2.22. The van der Waals surface area contributed by atoms with E-state index in [1.165, 1.54) is 38.1 Å². The van der Waals surface area contributed by atoms with Crippen molar-refractivity contribution in [3.8, 4) is 17.1 Å². The monoisotopic (exact) mass is 408 g/mol. The van der Waals surface area contributed by atoms with Crippen LogP contribution in [-0.2, 0) is 16.0 Å². The predicted octanol–water partition coefficient (Wildman–Crippen LogP) is 1.57. The molecule has 0 spiro atoms. The SMILES string of the molecule is CC(C)S(=O)(=O)C(N)C(N)COc1cccc(-c2noc(C(F)(F)F)n2)c1. The molecule has 0 bridgehead atoms. The summed E-state index contributed by atoms with van der Waals surface area (Å²) in [5, 5.41) is 1.28. The largest absolute Gasteiger partial charge is 0.492 e. The van der Waals surface area contributed by atoms with E-state index in [-0.39, 0.29) is 23.7 Å². The minimum atomic E-state index is -4.75. The highest BCUT2D eigenvalue weighted by molar-refractivity contribution is 7.92. The van der Waals surface area contributed by atoms with Crippen molar-refractivity contribution in [3.63, 3.8) is 0 Å². The molecule has 1 aromatic heterocycles. The van der Waals surface area contributed by atoms with Crippen LogP contribution in [0.15, 0.2) is 28.8 Å². The molecular formula is C15H19F3N4O4S. The average molecular weight is 408 g/mol. The second-order valence-electron chi connectivity index (χ2n) is 6.03. The molecule has 0 aliphatic rings. The van der Waals surface area contributed by atoms with Crippen LogP contribution < -0.4 is 16.2 Å². The molecule has 8 nitrogen and oxygen atoms in total. The number of ether oxygens (including phenoxy) is 1. The van der Waals surface area contributed by atoms with Crippen molar-refractivity contribution >= 4 is 9.84 Å². The molecule has 0 saturated carbocycles. The van der Waals surface area contributed by atoms with Crippen LogP contribution in [0.5, 0.6) is 5.75 Å². The molecule has 0 amide bonds. The van der Waals surface area contributed by atoms with Crippen molar-refractivity contribution in [2.45, 2.75) is 36.7 Å². The van der Waals surface area contributed by atoms with E-state index in [4.69, 9.17) is 16.2 Å². The van der Waals surface area contributed by atoms with Crippen LogP contribution in [-0.4, -0.2) is 41.8 Å². The summed E-state index contributed by atoms with van der Waals surface area (Å²) in [6, 6.07) is 4.86. The third-order valence-electron chi connectivity index (χ3n) is 3.66. The quantitative estimate of drug-likeness (QED) is 0.705. The van der Waals surface area contributed by atoms with Crippen LogP contribution in [0.1, 0.15) is 19.7 Å². The fourth-order valence-corrected chi connectivity index (χ4v) is 3.22. The Morgan fingerprint density at radius 2 is 1.93 bits per heavy atom. The van der Waals surface area contributed by atoms with Gasteiger partial charge in [0.2, 0.25) is 5.82 Å². The van der Waals surface area contributed by atoms with Crippen LogP contribution in [0.2, 0.25) is 0 Å². The molecule has 27 heavy (non-hydrogen) atoms. The summed E-state index contributed by atoms with van der Waals surface area (Å²) in [6.45, 7) is 2.77. The molecule has 0 aliphatic heterocycles. The van der Waals surface area contributed by atoms with Crippen LogP contribution in [0.4, 0.5) is 13.2 Å². The van der Waals surface area contributed by atoms with E-state index >= 15 is 0 Å². The fraction of sp³-hybridized carbons (Fsp3) is 0.467. The maximum Gasteiger partial charge on any atom is 0.471 e. The Bertz CT molecular complexity index is 883. The van der Waals surface area contributed by atoms with Gasteiger partial charge < -0.3 is 20.7 Å². The molecule has 2 unspecified atom stereocenters. The molecule has 2 aromatic rings. The zero-order valence-electron chi connectivity index (χ0n) is 14.5. The summed E-state index contributed by atoms with van der Waals surface area (Å²) in [7, 11) is -3.61. The maximum atomic E-state index is 12.5. The standard InChI is InChI=1S/C15H19F3N4O4S/c1-8(2)27(23,24)12(20)11(19)7-25-10-5-3-4-9(6-10)13-21-14(26-22-13)15(16,17)18/h3-6,8,11-12H,7,19-20H2,1-2H3. The first-order valence-corrected chi connectivity index (χ1v) is 9.42. The lowest BCUT2D eigenvalue weighted by Crippen LogP contribution is -2.52. The summed E-state index contributed by atoms with van der Waals surface area (Å²) in [6.07, 6.45) is -4.75. The molecule has 2 rings (SSSR count). The number of aromatic nitrogens is 2. The Hall–Kier alpha value is -2.18. The van der Waals surface area contributed by atoms with E-state index in [1.54, 1.807) is 0 Å². The van der Waals surface area contributed by atoms with Crippen LogP contribution in [0, 0.1) is 0 Å². The zero-order chi connectivity index (χ0) is 20.4. The number of nitrogens with two attached hydrogens (primary N) is 2. The highest BCUT2D eigenvalue weighted by Gasteiger charge is 2.38. The molecule has 12 heteroatoms. The van der Waals surface area contributed by atoms with Gasteiger partial charge >= 0.3 is 12.1 Å². The van der Waals surface area contributed by atoms with Crippen LogP contribution in [0.25, 0.3) is 11.4 Å². The summed E-state index contributed by atoms with van der Waals surface area (Å²) in [4.78, 5) is 3.29. The molecule has 0 aliphatic carbocycles.